The first-order valence-electron chi connectivity index (χ1n) is 8.21. The van der Waals surface area contributed by atoms with Gasteiger partial charge in [-0.05, 0) is 37.2 Å². The monoisotopic (exact) mass is 353 g/mol. The molecule has 1 aromatic rings. The molecule has 2 aliphatic rings. The largest absolute Gasteiger partial charge is 0.339 e. The molecule has 2 amide bonds. The first-order chi connectivity index (χ1) is 11.5. The van der Waals surface area contributed by atoms with E-state index in [4.69, 9.17) is 11.6 Å². The van der Waals surface area contributed by atoms with E-state index >= 15 is 0 Å². The van der Waals surface area contributed by atoms with Gasteiger partial charge in [0, 0.05) is 37.1 Å². The van der Waals surface area contributed by atoms with Gasteiger partial charge in [0.2, 0.25) is 5.91 Å². The van der Waals surface area contributed by atoms with E-state index in [-0.39, 0.29) is 28.3 Å². The highest BCUT2D eigenvalue weighted by Crippen LogP contribution is 2.21. The second-order valence-corrected chi connectivity index (χ2v) is 6.89. The molecular formula is C17H21ClFN3O2. The Balaban J connectivity index is 1.58. The third kappa shape index (κ3) is 3.39. The van der Waals surface area contributed by atoms with Gasteiger partial charge in [0.15, 0.2) is 0 Å². The number of hydrogen-bond acceptors (Lipinski definition) is 3. The molecule has 2 aliphatic heterocycles. The van der Waals surface area contributed by atoms with Gasteiger partial charge in [0.1, 0.15) is 5.82 Å². The highest BCUT2D eigenvalue weighted by molar-refractivity contribution is 6.30. The Bertz CT molecular complexity index is 643. The van der Waals surface area contributed by atoms with Gasteiger partial charge in [-0.15, -0.1) is 0 Å². The van der Waals surface area contributed by atoms with E-state index in [1.807, 2.05) is 11.8 Å². The van der Waals surface area contributed by atoms with Gasteiger partial charge in [-0.1, -0.05) is 18.5 Å². The van der Waals surface area contributed by atoms with Crippen LogP contribution in [0.15, 0.2) is 18.2 Å². The van der Waals surface area contributed by atoms with Gasteiger partial charge in [0.25, 0.3) is 5.91 Å². The maximum atomic E-state index is 13.9. The first-order valence-corrected chi connectivity index (χ1v) is 8.59. The van der Waals surface area contributed by atoms with Crippen LogP contribution in [0.25, 0.3) is 0 Å². The van der Waals surface area contributed by atoms with E-state index in [1.165, 1.54) is 12.1 Å². The minimum Gasteiger partial charge on any atom is -0.339 e. The van der Waals surface area contributed by atoms with E-state index in [0.717, 1.165) is 19.2 Å². The maximum absolute atomic E-state index is 13.9. The van der Waals surface area contributed by atoms with Crippen LogP contribution in [0.1, 0.15) is 17.3 Å². The van der Waals surface area contributed by atoms with Gasteiger partial charge >= 0.3 is 0 Å². The summed E-state index contributed by atoms with van der Waals surface area (Å²) >= 11 is 5.72. The number of carbonyl (C=O) groups excluding carboxylic acids is 2. The van der Waals surface area contributed by atoms with Crippen molar-refractivity contribution in [3.8, 4) is 0 Å². The predicted octanol–water partition coefficient (Wildman–Crippen LogP) is 1.62. The third-order valence-electron chi connectivity index (χ3n) is 4.95. The lowest BCUT2D eigenvalue weighted by atomic mass is 9.88. The summed E-state index contributed by atoms with van der Waals surface area (Å²) in [6.45, 7) is 5.57. The van der Waals surface area contributed by atoms with Crippen molar-refractivity contribution in [1.29, 1.82) is 0 Å². The number of hydrogen-bond donors (Lipinski definition) is 1. The summed E-state index contributed by atoms with van der Waals surface area (Å²) in [5, 5.41) is 3.44. The van der Waals surface area contributed by atoms with Crippen molar-refractivity contribution in [2.75, 3.05) is 39.3 Å². The van der Waals surface area contributed by atoms with Gasteiger partial charge in [-0.2, -0.15) is 0 Å². The second-order valence-electron chi connectivity index (χ2n) is 6.45. The van der Waals surface area contributed by atoms with Crippen molar-refractivity contribution in [3.63, 3.8) is 0 Å². The molecule has 130 valence electrons. The smallest absolute Gasteiger partial charge is 0.256 e. The second kappa shape index (κ2) is 7.07. The molecular weight excluding hydrogens is 333 g/mol. The minimum absolute atomic E-state index is 0.00205. The van der Waals surface area contributed by atoms with E-state index in [9.17, 15) is 14.0 Å². The molecule has 1 N–H and O–H groups in total. The molecule has 24 heavy (non-hydrogen) atoms. The molecule has 2 fully saturated rings. The standard InChI is InChI=1S/C17H21ClFN3O2/c1-11(12-9-20-10-12)16(23)21-4-6-22(7-5-21)17(24)14-3-2-13(18)8-15(14)19/h2-3,8,11-12,20H,4-7,9-10H2,1H3. The molecule has 7 heteroatoms. The van der Waals surface area contributed by atoms with Crippen LogP contribution < -0.4 is 5.32 Å². The summed E-state index contributed by atoms with van der Waals surface area (Å²) in [4.78, 5) is 28.3. The first kappa shape index (κ1) is 17.2. The topological polar surface area (TPSA) is 52.7 Å². The zero-order valence-corrected chi connectivity index (χ0v) is 14.4. The van der Waals surface area contributed by atoms with Gasteiger partial charge < -0.3 is 15.1 Å². The van der Waals surface area contributed by atoms with Crippen LogP contribution in [0.4, 0.5) is 4.39 Å². The fraction of sp³-hybridized carbons (Fsp3) is 0.529. The van der Waals surface area contributed by atoms with Crippen LogP contribution >= 0.6 is 11.6 Å². The van der Waals surface area contributed by atoms with Crippen LogP contribution in [-0.2, 0) is 4.79 Å². The third-order valence-corrected chi connectivity index (χ3v) is 5.18. The average molecular weight is 354 g/mol. The zero-order valence-electron chi connectivity index (χ0n) is 13.6. The molecule has 0 spiro atoms. The van der Waals surface area contributed by atoms with E-state index in [2.05, 4.69) is 5.32 Å². The van der Waals surface area contributed by atoms with Crippen LogP contribution in [0.5, 0.6) is 0 Å². The van der Waals surface area contributed by atoms with Crippen molar-refractivity contribution in [2.45, 2.75) is 6.92 Å². The molecule has 0 aromatic heterocycles. The lowest BCUT2D eigenvalue weighted by molar-refractivity contribution is -0.138. The summed E-state index contributed by atoms with van der Waals surface area (Å²) in [5.41, 5.74) is 0.0214. The average Bonchev–Trinajstić information content (AvgIpc) is 2.52. The van der Waals surface area contributed by atoms with Crippen LogP contribution in [0.3, 0.4) is 0 Å². The highest BCUT2D eigenvalue weighted by Gasteiger charge is 2.33. The molecule has 2 saturated heterocycles. The summed E-state index contributed by atoms with van der Waals surface area (Å²) in [6.07, 6.45) is 0. The Morgan fingerprint density at radius 1 is 1.21 bits per heavy atom. The molecule has 2 heterocycles. The van der Waals surface area contributed by atoms with Crippen LogP contribution in [0.2, 0.25) is 5.02 Å². The molecule has 0 saturated carbocycles. The van der Waals surface area contributed by atoms with E-state index in [0.29, 0.717) is 32.1 Å². The molecule has 0 bridgehead atoms. The summed E-state index contributed by atoms with van der Waals surface area (Å²) in [6, 6.07) is 4.05. The Kier molecular flexibility index (Phi) is 5.06. The van der Waals surface area contributed by atoms with Crippen molar-refractivity contribution >= 4 is 23.4 Å². The number of benzene rings is 1. The number of nitrogens with one attached hydrogen (secondary N) is 1. The molecule has 3 rings (SSSR count). The van der Waals surface area contributed by atoms with Gasteiger partial charge in [0.05, 0.1) is 5.56 Å². The SMILES string of the molecule is CC(C(=O)N1CCN(C(=O)c2ccc(Cl)cc2F)CC1)C1CNC1. The predicted molar refractivity (Wildman–Crippen MR) is 89.4 cm³/mol. The minimum atomic E-state index is -0.614. The fourth-order valence-corrected chi connectivity index (χ4v) is 3.28. The molecule has 1 unspecified atom stereocenters. The Hall–Kier alpha value is -1.66. The molecule has 0 aliphatic carbocycles. The Morgan fingerprint density at radius 3 is 2.38 bits per heavy atom. The van der Waals surface area contributed by atoms with Crippen molar-refractivity contribution in [1.82, 2.24) is 15.1 Å². The van der Waals surface area contributed by atoms with Crippen molar-refractivity contribution in [2.24, 2.45) is 11.8 Å². The zero-order chi connectivity index (χ0) is 17.3. The van der Waals surface area contributed by atoms with Crippen molar-refractivity contribution in [3.05, 3.63) is 34.6 Å². The van der Waals surface area contributed by atoms with Crippen LogP contribution in [0, 0.1) is 17.7 Å². The number of nitrogens with zero attached hydrogens (tertiary/aromatic N) is 2. The summed E-state index contributed by atoms with van der Waals surface area (Å²) in [7, 11) is 0. The summed E-state index contributed by atoms with van der Waals surface area (Å²) < 4.78 is 13.9. The number of carbonyl (C=O) groups is 2. The number of rotatable bonds is 3. The maximum Gasteiger partial charge on any atom is 0.256 e. The molecule has 1 atom stereocenters. The van der Waals surface area contributed by atoms with Gasteiger partial charge in [-0.3, -0.25) is 9.59 Å². The number of halogens is 2. The number of piperazine rings is 1. The van der Waals surface area contributed by atoms with E-state index in [1.54, 1.807) is 4.90 Å². The number of amides is 2. The lowest BCUT2D eigenvalue weighted by Gasteiger charge is -2.39. The van der Waals surface area contributed by atoms with Crippen molar-refractivity contribution < 1.29 is 14.0 Å². The quantitative estimate of drug-likeness (QED) is 0.898. The lowest BCUT2D eigenvalue weighted by Crippen LogP contribution is -2.55. The fourth-order valence-electron chi connectivity index (χ4n) is 3.12. The normalized spacial score (nSPS) is 19.8. The molecule has 5 nitrogen and oxygen atoms in total. The van der Waals surface area contributed by atoms with Gasteiger partial charge in [-0.25, -0.2) is 4.39 Å². The molecule has 0 radical (unpaired) electrons. The summed E-state index contributed by atoms with van der Waals surface area (Å²) in [5.74, 6) is -0.418. The Labute approximate surface area is 145 Å². The Morgan fingerprint density at radius 2 is 1.83 bits per heavy atom. The van der Waals surface area contributed by atoms with Crippen LogP contribution in [-0.4, -0.2) is 60.9 Å². The van der Waals surface area contributed by atoms with E-state index < -0.39 is 5.82 Å². The highest BCUT2D eigenvalue weighted by atomic mass is 35.5. The molecule has 1 aromatic carbocycles.